The lowest BCUT2D eigenvalue weighted by Crippen LogP contribution is -2.50. The van der Waals surface area contributed by atoms with Gasteiger partial charge < -0.3 is 14.5 Å². The number of hydrogen-bond acceptors (Lipinski definition) is 6. The van der Waals surface area contributed by atoms with E-state index in [9.17, 15) is 18.0 Å². The van der Waals surface area contributed by atoms with Gasteiger partial charge in [0.15, 0.2) is 5.78 Å². The van der Waals surface area contributed by atoms with Crippen LogP contribution in [0.5, 0.6) is 5.75 Å². The lowest BCUT2D eigenvalue weighted by Gasteiger charge is -2.37. The van der Waals surface area contributed by atoms with Gasteiger partial charge in [0.25, 0.3) is 15.9 Å². The van der Waals surface area contributed by atoms with Gasteiger partial charge in [0.2, 0.25) is 0 Å². The number of Topliss-reactive ketones (excluding diaryl/α,β-unsaturated/α-hetero) is 1. The van der Waals surface area contributed by atoms with E-state index < -0.39 is 15.8 Å². The molecular formula is C30H31N3O5S. The average molecular weight is 546 g/mol. The Hall–Kier alpha value is -4.11. The Morgan fingerprint density at radius 2 is 1.74 bits per heavy atom. The quantitative estimate of drug-likeness (QED) is 0.447. The summed E-state index contributed by atoms with van der Waals surface area (Å²) >= 11 is 0. The zero-order valence-electron chi connectivity index (χ0n) is 22.0. The van der Waals surface area contributed by atoms with Crippen LogP contribution in [0, 0.1) is 6.92 Å². The summed E-state index contributed by atoms with van der Waals surface area (Å²) in [7, 11) is -3.92. The number of carbonyl (C=O) groups excluding carboxylic acids is 2. The molecule has 1 aliphatic carbocycles. The van der Waals surface area contributed by atoms with Crippen molar-refractivity contribution < 1.29 is 22.7 Å². The summed E-state index contributed by atoms with van der Waals surface area (Å²) in [6, 6.07) is 19.4. The fourth-order valence-electron chi connectivity index (χ4n) is 4.99. The van der Waals surface area contributed by atoms with E-state index in [1.807, 2.05) is 44.2 Å². The molecule has 3 aromatic carbocycles. The number of nitrogens with zero attached hydrogens (tertiary/aromatic N) is 2. The number of fused-ring (bicyclic) bond motifs is 1. The van der Waals surface area contributed by atoms with Crippen molar-refractivity contribution in [1.82, 2.24) is 4.90 Å². The summed E-state index contributed by atoms with van der Waals surface area (Å²) in [6.07, 6.45) is 2.04. The smallest absolute Gasteiger partial charge is 0.261 e. The predicted octanol–water partition coefficient (Wildman–Crippen LogP) is 4.21. The van der Waals surface area contributed by atoms with E-state index in [-0.39, 0.29) is 21.9 Å². The number of aryl methyl sites for hydroxylation is 1. The van der Waals surface area contributed by atoms with Crippen molar-refractivity contribution >= 4 is 33.1 Å². The van der Waals surface area contributed by atoms with E-state index in [1.54, 1.807) is 35.2 Å². The number of nitrogens with one attached hydrogen (secondary N) is 1. The van der Waals surface area contributed by atoms with Crippen molar-refractivity contribution in [2.24, 2.45) is 0 Å². The molecule has 1 aliphatic heterocycles. The number of amides is 1. The van der Waals surface area contributed by atoms with E-state index in [1.165, 1.54) is 12.1 Å². The normalized spacial score (nSPS) is 15.4. The SMILES string of the molecule is CCOc1ccccc1N1CCN(C(=O)C2=CCc3ccc(S(=O)(=O)Nc4cccc(C)c4)cc3C2=O)CC1. The van der Waals surface area contributed by atoms with Gasteiger partial charge >= 0.3 is 0 Å². The molecule has 9 heteroatoms. The summed E-state index contributed by atoms with van der Waals surface area (Å²) in [5, 5.41) is 0. The number of ether oxygens (including phenoxy) is 1. The largest absolute Gasteiger partial charge is 0.492 e. The third-order valence-electron chi connectivity index (χ3n) is 6.98. The third-order valence-corrected chi connectivity index (χ3v) is 8.36. The third kappa shape index (κ3) is 5.54. The number of para-hydroxylation sites is 2. The molecule has 1 saturated heterocycles. The van der Waals surface area contributed by atoms with Crippen LogP contribution >= 0.6 is 0 Å². The summed E-state index contributed by atoms with van der Waals surface area (Å²) in [5.41, 5.74) is 3.38. The molecule has 1 N–H and O–H groups in total. The van der Waals surface area contributed by atoms with E-state index in [2.05, 4.69) is 9.62 Å². The summed E-state index contributed by atoms with van der Waals surface area (Å²) in [5.74, 6) is 0.0386. The summed E-state index contributed by atoms with van der Waals surface area (Å²) in [4.78, 5) is 30.7. The average Bonchev–Trinajstić information content (AvgIpc) is 2.93. The first-order valence-electron chi connectivity index (χ1n) is 13.0. The molecule has 0 bridgehead atoms. The highest BCUT2D eigenvalue weighted by molar-refractivity contribution is 7.92. The zero-order valence-corrected chi connectivity index (χ0v) is 22.8. The van der Waals surface area contributed by atoms with Crippen molar-refractivity contribution in [3.8, 4) is 5.75 Å². The molecule has 0 spiro atoms. The Morgan fingerprint density at radius 3 is 2.49 bits per heavy atom. The van der Waals surface area contributed by atoms with E-state index in [0.717, 1.165) is 17.0 Å². The Balaban J connectivity index is 1.29. The molecule has 8 nitrogen and oxygen atoms in total. The Kier molecular flexibility index (Phi) is 7.43. The number of rotatable bonds is 7. The van der Waals surface area contributed by atoms with Crippen LogP contribution in [-0.2, 0) is 21.2 Å². The number of benzene rings is 3. The number of sulfonamides is 1. The number of hydrogen-bond donors (Lipinski definition) is 1. The first-order valence-corrected chi connectivity index (χ1v) is 14.5. The number of allylic oxidation sites excluding steroid dienone is 1. The molecule has 0 atom stereocenters. The monoisotopic (exact) mass is 545 g/mol. The lowest BCUT2D eigenvalue weighted by molar-refractivity contribution is -0.127. The van der Waals surface area contributed by atoms with Crippen molar-refractivity contribution in [1.29, 1.82) is 0 Å². The van der Waals surface area contributed by atoms with Crippen molar-refractivity contribution in [2.45, 2.75) is 25.2 Å². The van der Waals surface area contributed by atoms with Crippen molar-refractivity contribution in [3.63, 3.8) is 0 Å². The van der Waals surface area contributed by atoms with Gasteiger partial charge in [0.1, 0.15) is 5.75 Å². The molecule has 0 saturated carbocycles. The summed E-state index contributed by atoms with van der Waals surface area (Å²) in [6.45, 7) is 6.54. The molecule has 3 aromatic rings. The highest BCUT2D eigenvalue weighted by atomic mass is 32.2. The molecule has 1 heterocycles. The second-order valence-electron chi connectivity index (χ2n) is 9.62. The Labute approximate surface area is 228 Å². The van der Waals surface area contributed by atoms with Gasteiger partial charge in [-0.1, -0.05) is 36.4 Å². The standard InChI is InChI=1S/C30H31N3O5S/c1-3-38-28-10-5-4-9-27(28)32-15-17-33(18-16-32)30(35)25-14-12-22-11-13-24(20-26(22)29(25)34)39(36,37)31-23-8-6-7-21(2)19-23/h4-11,13-14,19-20,31H,3,12,15-18H2,1-2H3. The number of carbonyl (C=O) groups is 2. The fraction of sp³-hybridized carbons (Fsp3) is 0.267. The minimum absolute atomic E-state index is 0.0219. The van der Waals surface area contributed by atoms with E-state index in [0.29, 0.717) is 50.5 Å². The molecule has 39 heavy (non-hydrogen) atoms. The molecule has 2 aliphatic rings. The van der Waals surface area contributed by atoms with Crippen LogP contribution in [-0.4, -0.2) is 57.8 Å². The molecule has 0 radical (unpaired) electrons. The second kappa shape index (κ2) is 10.9. The maximum absolute atomic E-state index is 13.4. The van der Waals surface area contributed by atoms with Crippen LogP contribution in [0.3, 0.4) is 0 Å². The zero-order chi connectivity index (χ0) is 27.6. The first-order chi connectivity index (χ1) is 18.8. The van der Waals surface area contributed by atoms with Gasteiger partial charge in [-0.3, -0.25) is 14.3 Å². The van der Waals surface area contributed by atoms with Crippen LogP contribution in [0.4, 0.5) is 11.4 Å². The van der Waals surface area contributed by atoms with E-state index in [4.69, 9.17) is 4.74 Å². The molecule has 1 amide bonds. The van der Waals surface area contributed by atoms with Crippen LogP contribution in [0.1, 0.15) is 28.4 Å². The van der Waals surface area contributed by atoms with Crippen molar-refractivity contribution in [3.05, 3.63) is 95.1 Å². The van der Waals surface area contributed by atoms with Gasteiger partial charge in [-0.15, -0.1) is 0 Å². The first kappa shape index (κ1) is 26.5. The lowest BCUT2D eigenvalue weighted by atomic mass is 9.89. The van der Waals surface area contributed by atoms with Gasteiger partial charge in [-0.2, -0.15) is 0 Å². The van der Waals surface area contributed by atoms with Gasteiger partial charge in [-0.25, -0.2) is 8.42 Å². The highest BCUT2D eigenvalue weighted by Gasteiger charge is 2.32. The van der Waals surface area contributed by atoms with Gasteiger partial charge in [0, 0.05) is 37.4 Å². The molecule has 0 unspecified atom stereocenters. The molecular weight excluding hydrogens is 514 g/mol. The number of piperazine rings is 1. The highest BCUT2D eigenvalue weighted by Crippen LogP contribution is 2.30. The minimum atomic E-state index is -3.92. The predicted molar refractivity (Wildman–Crippen MR) is 151 cm³/mol. The Bertz CT molecular complexity index is 1560. The van der Waals surface area contributed by atoms with Crippen LogP contribution in [0.15, 0.2) is 83.3 Å². The van der Waals surface area contributed by atoms with Crippen LogP contribution in [0.25, 0.3) is 0 Å². The maximum atomic E-state index is 13.4. The number of anilines is 2. The topological polar surface area (TPSA) is 96.0 Å². The van der Waals surface area contributed by atoms with Crippen molar-refractivity contribution in [2.75, 3.05) is 42.4 Å². The molecule has 0 aromatic heterocycles. The Morgan fingerprint density at radius 1 is 0.974 bits per heavy atom. The van der Waals surface area contributed by atoms with E-state index >= 15 is 0 Å². The fourth-order valence-corrected chi connectivity index (χ4v) is 6.06. The maximum Gasteiger partial charge on any atom is 0.261 e. The number of ketones is 1. The van der Waals surface area contributed by atoms with Crippen LogP contribution in [0.2, 0.25) is 0 Å². The van der Waals surface area contributed by atoms with Gasteiger partial charge in [-0.05, 0) is 67.8 Å². The molecule has 1 fully saturated rings. The molecule has 5 rings (SSSR count). The minimum Gasteiger partial charge on any atom is -0.492 e. The van der Waals surface area contributed by atoms with Crippen LogP contribution < -0.4 is 14.4 Å². The molecule has 202 valence electrons. The summed E-state index contributed by atoms with van der Waals surface area (Å²) < 4.78 is 34.4. The second-order valence-corrected chi connectivity index (χ2v) is 11.3. The van der Waals surface area contributed by atoms with Gasteiger partial charge in [0.05, 0.1) is 22.8 Å².